The van der Waals surface area contributed by atoms with Crippen LogP contribution in [0.25, 0.3) is 0 Å². The van der Waals surface area contributed by atoms with Crippen LogP contribution in [0, 0.1) is 69.0 Å². The minimum absolute atomic E-state index is 0.0464. The van der Waals surface area contributed by atoms with Gasteiger partial charge in [-0.15, -0.1) is 0 Å². The van der Waals surface area contributed by atoms with Crippen molar-refractivity contribution < 1.29 is 68.9 Å². The number of hydrogen-bond acceptors (Lipinski definition) is 14. The van der Waals surface area contributed by atoms with Crippen LogP contribution in [0.2, 0.25) is 0 Å². The number of esters is 2. The number of aliphatic hydroxyl groups is 6. The number of rotatable bonds is 9. The Bertz CT molecular complexity index is 1990. The Hall–Kier alpha value is -3.66. The first-order chi connectivity index (χ1) is 29.0. The SMILES string of the molecule is CC1C[C@@H]2[C@H]([C@@H](O)C[C@@]3(C)[C@H]2CC[C@]3(O)C(=O)CO)[C@@]2(C)C(OC(=O)CCC(=O)OC3=CC(=O)C=C4C(C)C[C@@H]5[C@H]([C@@H](O)C[C@@]6(C)[C@H]5CC[C@]6(O)C(=O)CO)[C@@]34C)=CC(=O)C=C12. The maximum atomic E-state index is 13.7. The summed E-state index contributed by atoms with van der Waals surface area (Å²) in [5, 5.41) is 66.8. The van der Waals surface area contributed by atoms with Crippen LogP contribution in [0.5, 0.6) is 0 Å². The summed E-state index contributed by atoms with van der Waals surface area (Å²) >= 11 is 0. The standard InChI is InChI=1S/C48H62O14/c1-23-13-27-29-9-11-47(59,35(55)21-49)43(29,3)19-33(53)41(27)45(5)31(23)15-25(51)17-37(45)61-39(57)7-8-40(58)62-38-18-26(52)16-32-24(2)14-28-30-10-12-48(60,36(56)22-50)44(30,4)20-34(54)42(28)46(32,38)6/h15-18,23-24,27-30,33-34,41-42,49-50,53-54,59-60H,7-14,19-22H2,1-6H3/t23?,24?,27-,28-,29-,30-,33-,34-,41+,42+,43-,44-,45+,46+,47-,48-/m0/s1. The van der Waals surface area contributed by atoms with E-state index >= 15 is 0 Å². The lowest BCUT2D eigenvalue weighted by atomic mass is 9.44. The zero-order valence-electron chi connectivity index (χ0n) is 36.5. The van der Waals surface area contributed by atoms with E-state index in [4.69, 9.17) is 9.47 Å². The molecule has 8 aliphatic carbocycles. The Morgan fingerprint density at radius 2 is 0.984 bits per heavy atom. The van der Waals surface area contributed by atoms with Crippen molar-refractivity contribution >= 4 is 35.1 Å². The Morgan fingerprint density at radius 3 is 1.32 bits per heavy atom. The zero-order valence-corrected chi connectivity index (χ0v) is 36.5. The highest BCUT2D eigenvalue weighted by Gasteiger charge is 2.71. The van der Waals surface area contributed by atoms with E-state index in [1.54, 1.807) is 13.8 Å². The number of carbonyl (C=O) groups is 6. The van der Waals surface area contributed by atoms with E-state index in [2.05, 4.69) is 0 Å². The quantitative estimate of drug-likeness (QED) is 0.183. The number of carbonyl (C=O) groups excluding carboxylic acids is 6. The first-order valence-electron chi connectivity index (χ1n) is 22.4. The molecule has 6 fully saturated rings. The monoisotopic (exact) mass is 862 g/mol. The highest BCUT2D eigenvalue weighted by Crippen LogP contribution is 2.71. The van der Waals surface area contributed by atoms with E-state index in [0.717, 1.165) is 0 Å². The molecule has 62 heavy (non-hydrogen) atoms. The molecule has 6 N–H and O–H groups in total. The second-order valence-electron chi connectivity index (χ2n) is 21.1. The van der Waals surface area contributed by atoms with Crippen LogP contribution in [-0.4, -0.2) is 102 Å². The average molecular weight is 863 g/mol. The van der Waals surface area contributed by atoms with Gasteiger partial charge < -0.3 is 40.1 Å². The molecule has 0 aliphatic heterocycles. The molecule has 8 aliphatic rings. The Kier molecular flexibility index (Phi) is 10.8. The molecule has 2 unspecified atom stereocenters. The van der Waals surface area contributed by atoms with Crippen molar-refractivity contribution in [3.8, 4) is 0 Å². The number of hydrogen-bond donors (Lipinski definition) is 6. The fourth-order valence-corrected chi connectivity index (χ4v) is 15.6. The van der Waals surface area contributed by atoms with Gasteiger partial charge in [0.15, 0.2) is 23.1 Å². The summed E-state index contributed by atoms with van der Waals surface area (Å²) in [5.74, 6) is -6.04. The minimum atomic E-state index is -1.81. The second-order valence-corrected chi connectivity index (χ2v) is 21.1. The number of ether oxygens (including phenoxy) is 2. The molecule has 0 aromatic rings. The number of Topliss-reactive ketones (excluding diaryl/α,β-unsaturated/α-hetero) is 2. The molecule has 14 nitrogen and oxygen atoms in total. The molecule has 14 heteroatoms. The van der Waals surface area contributed by atoms with Gasteiger partial charge in [-0.05, 0) is 124 Å². The normalized spacial score (nSPS) is 46.6. The lowest BCUT2D eigenvalue weighted by Crippen LogP contribution is -2.63. The van der Waals surface area contributed by atoms with Crippen molar-refractivity contribution in [2.75, 3.05) is 13.2 Å². The van der Waals surface area contributed by atoms with Gasteiger partial charge in [0.2, 0.25) is 0 Å². The molecule has 0 aromatic heterocycles. The second kappa shape index (κ2) is 14.9. The Morgan fingerprint density at radius 1 is 0.629 bits per heavy atom. The summed E-state index contributed by atoms with van der Waals surface area (Å²) in [6.07, 6.45) is 4.98. The van der Waals surface area contributed by atoms with Crippen molar-refractivity contribution in [3.05, 3.63) is 47.0 Å². The van der Waals surface area contributed by atoms with Crippen molar-refractivity contribution in [2.24, 2.45) is 69.0 Å². The molecule has 0 bridgehead atoms. The van der Waals surface area contributed by atoms with Crippen molar-refractivity contribution in [1.29, 1.82) is 0 Å². The molecule has 0 saturated heterocycles. The van der Waals surface area contributed by atoms with Crippen LogP contribution in [0.4, 0.5) is 0 Å². The van der Waals surface area contributed by atoms with Crippen molar-refractivity contribution in [1.82, 2.24) is 0 Å². The van der Waals surface area contributed by atoms with Crippen LogP contribution < -0.4 is 0 Å². The van der Waals surface area contributed by atoms with Crippen LogP contribution in [0.1, 0.15) is 106 Å². The molecule has 8 rings (SSSR count). The van der Waals surface area contributed by atoms with Gasteiger partial charge in [-0.25, -0.2) is 0 Å². The van der Waals surface area contributed by atoms with Gasteiger partial charge in [-0.3, -0.25) is 28.8 Å². The van der Waals surface area contributed by atoms with Crippen molar-refractivity contribution in [2.45, 2.75) is 129 Å². The first kappa shape index (κ1) is 44.9. The average Bonchev–Trinajstić information content (AvgIpc) is 3.63. The third-order valence-electron chi connectivity index (χ3n) is 18.4. The van der Waals surface area contributed by atoms with Gasteiger partial charge in [0.25, 0.3) is 0 Å². The molecule has 0 aromatic carbocycles. The molecule has 338 valence electrons. The zero-order chi connectivity index (χ0) is 45.3. The lowest BCUT2D eigenvalue weighted by Gasteiger charge is -2.61. The van der Waals surface area contributed by atoms with E-state index < -0.39 is 106 Å². The van der Waals surface area contributed by atoms with E-state index in [-0.39, 0.29) is 84.3 Å². The third kappa shape index (κ3) is 6.02. The third-order valence-corrected chi connectivity index (χ3v) is 18.4. The van der Waals surface area contributed by atoms with Crippen LogP contribution in [-0.2, 0) is 38.2 Å². The smallest absolute Gasteiger partial charge is 0.311 e. The molecule has 0 spiro atoms. The maximum absolute atomic E-state index is 13.7. The molecule has 0 amide bonds. The fourth-order valence-electron chi connectivity index (χ4n) is 15.6. The Balaban J connectivity index is 0.996. The summed E-state index contributed by atoms with van der Waals surface area (Å²) in [5.41, 5.74) is -6.49. The number of aliphatic hydroxyl groups excluding tert-OH is 4. The van der Waals surface area contributed by atoms with Gasteiger partial charge in [0, 0.05) is 34.8 Å². The molecule has 0 heterocycles. The minimum Gasteiger partial charge on any atom is -0.430 e. The molecule has 16 atom stereocenters. The summed E-state index contributed by atoms with van der Waals surface area (Å²) in [6, 6.07) is 0. The number of allylic oxidation sites excluding steroid dienone is 6. The summed E-state index contributed by atoms with van der Waals surface area (Å²) < 4.78 is 12.0. The number of ketones is 4. The van der Waals surface area contributed by atoms with Crippen LogP contribution in [0.15, 0.2) is 47.0 Å². The van der Waals surface area contributed by atoms with Crippen molar-refractivity contribution in [3.63, 3.8) is 0 Å². The lowest BCUT2D eigenvalue weighted by molar-refractivity contribution is -0.184. The Labute approximate surface area is 361 Å². The van der Waals surface area contributed by atoms with Crippen LogP contribution >= 0.6 is 0 Å². The predicted octanol–water partition coefficient (Wildman–Crippen LogP) is 3.14. The highest BCUT2D eigenvalue weighted by molar-refractivity contribution is 6.03. The molecular weight excluding hydrogens is 801 g/mol. The van der Waals surface area contributed by atoms with E-state index in [1.807, 2.05) is 27.7 Å². The maximum Gasteiger partial charge on any atom is 0.311 e. The highest BCUT2D eigenvalue weighted by atomic mass is 16.5. The fraction of sp³-hybridized carbons (Fsp3) is 0.708. The van der Waals surface area contributed by atoms with Crippen LogP contribution in [0.3, 0.4) is 0 Å². The van der Waals surface area contributed by atoms with Gasteiger partial charge in [-0.1, -0.05) is 27.7 Å². The van der Waals surface area contributed by atoms with E-state index in [1.165, 1.54) is 24.3 Å². The van der Waals surface area contributed by atoms with Gasteiger partial charge in [0.1, 0.15) is 35.9 Å². The number of fused-ring (bicyclic) bond motifs is 10. The largest absolute Gasteiger partial charge is 0.430 e. The summed E-state index contributed by atoms with van der Waals surface area (Å²) in [4.78, 5) is 79.6. The topological polar surface area (TPSA) is 242 Å². The van der Waals surface area contributed by atoms with Gasteiger partial charge in [0.05, 0.1) is 35.9 Å². The molecular formula is C48H62O14. The predicted molar refractivity (Wildman–Crippen MR) is 218 cm³/mol. The van der Waals surface area contributed by atoms with E-state index in [0.29, 0.717) is 36.8 Å². The molecule has 6 saturated carbocycles. The van der Waals surface area contributed by atoms with Gasteiger partial charge in [-0.2, -0.15) is 0 Å². The van der Waals surface area contributed by atoms with E-state index in [9.17, 15) is 59.4 Å². The molecule has 0 radical (unpaired) electrons. The summed E-state index contributed by atoms with van der Waals surface area (Å²) in [6.45, 7) is 9.57. The first-order valence-corrected chi connectivity index (χ1v) is 22.4. The van der Waals surface area contributed by atoms with Gasteiger partial charge >= 0.3 is 11.9 Å². The summed E-state index contributed by atoms with van der Waals surface area (Å²) in [7, 11) is 0.